The van der Waals surface area contributed by atoms with Gasteiger partial charge in [-0.05, 0) is 30.2 Å². The van der Waals surface area contributed by atoms with Crippen LogP contribution >= 0.6 is 11.3 Å². The molecule has 1 aromatic rings. The number of rotatable bonds is 6. The topological polar surface area (TPSA) is 95.6 Å². The lowest BCUT2D eigenvalue weighted by atomic mass is 10.0. The van der Waals surface area contributed by atoms with Crippen molar-refractivity contribution in [3.8, 4) is 0 Å². The molecule has 25 heavy (non-hydrogen) atoms. The summed E-state index contributed by atoms with van der Waals surface area (Å²) in [5.41, 5.74) is 0. The molecule has 2 N–H and O–H groups in total. The number of sulfonamides is 1. The third kappa shape index (κ3) is 5.52. The van der Waals surface area contributed by atoms with Crippen LogP contribution in [0.4, 0.5) is 0 Å². The van der Waals surface area contributed by atoms with Crippen LogP contribution in [0.25, 0.3) is 0 Å². The molecule has 0 bridgehead atoms. The van der Waals surface area contributed by atoms with Crippen LogP contribution in [-0.4, -0.2) is 56.0 Å². The average Bonchev–Trinajstić information content (AvgIpc) is 3.06. The average molecular weight is 388 g/mol. The van der Waals surface area contributed by atoms with Crippen molar-refractivity contribution in [2.45, 2.75) is 38.8 Å². The number of hydrogen-bond donors (Lipinski definition) is 2. The number of nitrogens with one attached hydrogen (secondary N) is 2. The van der Waals surface area contributed by atoms with Crippen LogP contribution in [-0.2, 0) is 14.8 Å². The zero-order chi connectivity index (χ0) is 18.6. The molecule has 1 aliphatic heterocycles. The Balaban J connectivity index is 1.99. The van der Waals surface area contributed by atoms with Crippen molar-refractivity contribution in [1.82, 2.24) is 14.9 Å². The van der Waals surface area contributed by atoms with Crippen molar-refractivity contribution in [3.05, 3.63) is 22.4 Å². The Bertz CT molecular complexity index is 701. The van der Waals surface area contributed by atoms with Crippen molar-refractivity contribution < 1.29 is 18.0 Å². The first-order valence-electron chi connectivity index (χ1n) is 8.28. The molecule has 9 heteroatoms. The lowest BCUT2D eigenvalue weighted by Gasteiger charge is -2.33. The highest BCUT2D eigenvalue weighted by atomic mass is 32.2. The molecule has 0 saturated carbocycles. The van der Waals surface area contributed by atoms with Crippen molar-refractivity contribution in [3.63, 3.8) is 0 Å². The molecule has 140 valence electrons. The van der Waals surface area contributed by atoms with Gasteiger partial charge in [0, 0.05) is 19.1 Å². The van der Waals surface area contributed by atoms with Gasteiger partial charge in [-0.15, -0.1) is 11.3 Å². The molecule has 7 nitrogen and oxygen atoms in total. The highest BCUT2D eigenvalue weighted by molar-refractivity contribution is 7.88. The van der Waals surface area contributed by atoms with E-state index in [1.54, 1.807) is 17.5 Å². The summed E-state index contributed by atoms with van der Waals surface area (Å²) in [5.74, 6) is -0.635. The van der Waals surface area contributed by atoms with Crippen LogP contribution in [0, 0.1) is 5.92 Å². The third-order valence-corrected chi connectivity index (χ3v) is 6.32. The summed E-state index contributed by atoms with van der Waals surface area (Å²) in [7, 11) is -3.27. The van der Waals surface area contributed by atoms with E-state index in [-0.39, 0.29) is 30.3 Å². The minimum Gasteiger partial charge on any atom is -0.350 e. The van der Waals surface area contributed by atoms with Crippen LogP contribution in [0.3, 0.4) is 0 Å². The molecule has 2 heterocycles. The summed E-state index contributed by atoms with van der Waals surface area (Å²) in [6, 6.07) is 2.59. The molecule has 0 spiro atoms. The summed E-state index contributed by atoms with van der Waals surface area (Å²) in [6.45, 7) is 4.48. The number of carbonyl (C=O) groups excluding carboxylic acids is 2. The number of carbonyl (C=O) groups is 2. The molecule has 1 saturated heterocycles. The number of hydrogen-bond acceptors (Lipinski definition) is 5. The lowest BCUT2D eigenvalue weighted by Crippen LogP contribution is -2.55. The molecular weight excluding hydrogens is 362 g/mol. The SMILES string of the molecule is CC(C)C(NC(=O)c1cccs1)C(=O)NC1CCCN(S(C)(=O)=O)C1. The summed E-state index contributed by atoms with van der Waals surface area (Å²) >= 11 is 1.32. The van der Waals surface area contributed by atoms with Gasteiger partial charge in [0.1, 0.15) is 6.04 Å². The van der Waals surface area contributed by atoms with E-state index < -0.39 is 16.1 Å². The molecule has 0 aliphatic carbocycles. The quantitative estimate of drug-likeness (QED) is 0.762. The van der Waals surface area contributed by atoms with Gasteiger partial charge in [-0.3, -0.25) is 9.59 Å². The fourth-order valence-corrected chi connectivity index (χ4v) is 4.35. The summed E-state index contributed by atoms with van der Waals surface area (Å²) in [4.78, 5) is 25.4. The van der Waals surface area contributed by atoms with E-state index in [1.165, 1.54) is 21.9 Å². The molecule has 1 aliphatic rings. The van der Waals surface area contributed by atoms with Gasteiger partial charge in [0.05, 0.1) is 11.1 Å². The molecular formula is C16H25N3O4S2. The van der Waals surface area contributed by atoms with E-state index in [0.717, 1.165) is 6.42 Å². The Labute approximate surface area is 152 Å². The summed E-state index contributed by atoms with van der Waals surface area (Å²) in [6.07, 6.45) is 2.60. The van der Waals surface area contributed by atoms with Gasteiger partial charge in [-0.1, -0.05) is 19.9 Å². The van der Waals surface area contributed by atoms with E-state index in [4.69, 9.17) is 0 Å². The van der Waals surface area contributed by atoms with Crippen LogP contribution in [0.15, 0.2) is 17.5 Å². The van der Waals surface area contributed by atoms with Gasteiger partial charge in [0.15, 0.2) is 0 Å². The van der Waals surface area contributed by atoms with Crippen molar-refractivity contribution in [2.75, 3.05) is 19.3 Å². The van der Waals surface area contributed by atoms with Crippen LogP contribution in [0.1, 0.15) is 36.4 Å². The fraction of sp³-hybridized carbons (Fsp3) is 0.625. The maximum atomic E-state index is 12.6. The van der Waals surface area contributed by atoms with Crippen LogP contribution in [0.2, 0.25) is 0 Å². The van der Waals surface area contributed by atoms with Gasteiger partial charge >= 0.3 is 0 Å². The Morgan fingerprint density at radius 3 is 2.64 bits per heavy atom. The minimum atomic E-state index is -3.27. The second-order valence-corrected chi connectivity index (χ2v) is 9.57. The van der Waals surface area contributed by atoms with E-state index >= 15 is 0 Å². The van der Waals surface area contributed by atoms with Gasteiger partial charge in [0.2, 0.25) is 15.9 Å². The number of thiophene rings is 1. The molecule has 2 unspecified atom stereocenters. The molecule has 0 aromatic carbocycles. The molecule has 2 amide bonds. The zero-order valence-corrected chi connectivity index (χ0v) is 16.3. The lowest BCUT2D eigenvalue weighted by molar-refractivity contribution is -0.124. The highest BCUT2D eigenvalue weighted by Gasteiger charge is 2.30. The fourth-order valence-electron chi connectivity index (χ4n) is 2.81. The highest BCUT2D eigenvalue weighted by Crippen LogP contribution is 2.14. The van der Waals surface area contributed by atoms with Gasteiger partial charge in [0.25, 0.3) is 5.91 Å². The predicted octanol–water partition coefficient (Wildman–Crippen LogP) is 1.04. The molecule has 1 aromatic heterocycles. The first kappa shape index (κ1) is 19.9. The molecule has 1 fully saturated rings. The van der Waals surface area contributed by atoms with Crippen molar-refractivity contribution >= 4 is 33.2 Å². The largest absolute Gasteiger partial charge is 0.350 e. The maximum Gasteiger partial charge on any atom is 0.262 e. The Morgan fingerprint density at radius 2 is 2.08 bits per heavy atom. The second-order valence-electron chi connectivity index (χ2n) is 6.64. The number of piperidine rings is 1. The Hall–Kier alpha value is -1.45. The number of amides is 2. The Morgan fingerprint density at radius 1 is 1.36 bits per heavy atom. The van der Waals surface area contributed by atoms with Crippen LogP contribution in [0.5, 0.6) is 0 Å². The standard InChI is InChI=1S/C16H25N3O4S2/c1-11(2)14(18-15(20)13-7-5-9-24-13)16(21)17-12-6-4-8-19(10-12)25(3,22)23/h5,7,9,11-12,14H,4,6,8,10H2,1-3H3,(H,17,21)(H,18,20). The van der Waals surface area contributed by atoms with E-state index in [1.807, 2.05) is 13.8 Å². The second kappa shape index (κ2) is 8.29. The number of nitrogens with zero attached hydrogens (tertiary/aromatic N) is 1. The monoisotopic (exact) mass is 387 g/mol. The predicted molar refractivity (Wildman–Crippen MR) is 98.0 cm³/mol. The van der Waals surface area contributed by atoms with E-state index in [0.29, 0.717) is 17.8 Å². The zero-order valence-electron chi connectivity index (χ0n) is 14.7. The molecule has 2 rings (SSSR count). The first-order chi connectivity index (χ1) is 11.7. The Kier molecular flexibility index (Phi) is 6.59. The molecule has 0 radical (unpaired) electrons. The molecule has 2 atom stereocenters. The van der Waals surface area contributed by atoms with Gasteiger partial charge in [-0.2, -0.15) is 0 Å². The van der Waals surface area contributed by atoms with Gasteiger partial charge in [-0.25, -0.2) is 12.7 Å². The first-order valence-corrected chi connectivity index (χ1v) is 11.0. The normalized spacial score (nSPS) is 20.2. The van der Waals surface area contributed by atoms with E-state index in [9.17, 15) is 18.0 Å². The maximum absolute atomic E-state index is 12.6. The van der Waals surface area contributed by atoms with Gasteiger partial charge < -0.3 is 10.6 Å². The smallest absolute Gasteiger partial charge is 0.262 e. The van der Waals surface area contributed by atoms with Crippen LogP contribution < -0.4 is 10.6 Å². The summed E-state index contributed by atoms with van der Waals surface area (Å²) in [5, 5.41) is 7.48. The summed E-state index contributed by atoms with van der Waals surface area (Å²) < 4.78 is 24.8. The van der Waals surface area contributed by atoms with Crippen molar-refractivity contribution in [2.24, 2.45) is 5.92 Å². The van der Waals surface area contributed by atoms with Crippen molar-refractivity contribution in [1.29, 1.82) is 0 Å². The minimum absolute atomic E-state index is 0.0847. The third-order valence-electron chi connectivity index (χ3n) is 4.18. The van der Waals surface area contributed by atoms with E-state index in [2.05, 4.69) is 10.6 Å².